The topological polar surface area (TPSA) is 82.3 Å². The highest BCUT2D eigenvalue weighted by Gasteiger charge is 2.07. The molecule has 0 N–H and O–H groups in total. The molecule has 0 aliphatic heterocycles. The van der Waals surface area contributed by atoms with Crippen molar-refractivity contribution in [2.24, 2.45) is 5.10 Å². The van der Waals surface area contributed by atoms with Crippen LogP contribution >= 0.6 is 0 Å². The molecule has 7 heteroatoms. The van der Waals surface area contributed by atoms with E-state index in [9.17, 15) is 4.79 Å². The SMILES string of the molecule is O=C(Oc1ccc(/C=N/n2cnnc2)cc1)c1cccnc1. The van der Waals surface area contributed by atoms with E-state index in [2.05, 4.69) is 20.3 Å². The largest absolute Gasteiger partial charge is 0.423 e. The predicted molar refractivity (Wildman–Crippen MR) is 78.7 cm³/mol. The highest BCUT2D eigenvalue weighted by molar-refractivity contribution is 5.90. The van der Waals surface area contributed by atoms with Gasteiger partial charge in [-0.25, -0.2) is 9.47 Å². The van der Waals surface area contributed by atoms with Gasteiger partial charge < -0.3 is 4.74 Å². The number of benzene rings is 1. The van der Waals surface area contributed by atoms with Crippen LogP contribution in [0.3, 0.4) is 0 Å². The van der Waals surface area contributed by atoms with Gasteiger partial charge in [0, 0.05) is 12.4 Å². The highest BCUT2D eigenvalue weighted by atomic mass is 16.5. The molecule has 0 aliphatic carbocycles. The van der Waals surface area contributed by atoms with Crippen LogP contribution in [0, 0.1) is 0 Å². The summed E-state index contributed by atoms with van der Waals surface area (Å²) in [6.07, 6.45) is 7.68. The Morgan fingerprint density at radius 2 is 1.91 bits per heavy atom. The van der Waals surface area contributed by atoms with Gasteiger partial charge in [-0.2, -0.15) is 5.10 Å². The van der Waals surface area contributed by atoms with E-state index in [0.717, 1.165) is 5.56 Å². The summed E-state index contributed by atoms with van der Waals surface area (Å²) in [4.78, 5) is 15.8. The Hall–Kier alpha value is -3.35. The average molecular weight is 293 g/mol. The zero-order chi connectivity index (χ0) is 15.2. The van der Waals surface area contributed by atoms with Crippen LogP contribution in [0.1, 0.15) is 15.9 Å². The van der Waals surface area contributed by atoms with Gasteiger partial charge in [0.15, 0.2) is 0 Å². The first-order valence-electron chi connectivity index (χ1n) is 6.42. The fourth-order valence-electron chi connectivity index (χ4n) is 1.66. The van der Waals surface area contributed by atoms with Crippen molar-refractivity contribution >= 4 is 12.2 Å². The third kappa shape index (κ3) is 3.40. The monoisotopic (exact) mass is 293 g/mol. The van der Waals surface area contributed by atoms with E-state index in [1.807, 2.05) is 0 Å². The van der Waals surface area contributed by atoms with Crippen molar-refractivity contribution in [3.05, 3.63) is 72.6 Å². The molecule has 0 spiro atoms. The van der Waals surface area contributed by atoms with Crippen LogP contribution in [-0.2, 0) is 0 Å². The average Bonchev–Trinajstić information content (AvgIpc) is 3.08. The van der Waals surface area contributed by atoms with E-state index in [0.29, 0.717) is 11.3 Å². The van der Waals surface area contributed by atoms with Crippen LogP contribution in [0.2, 0.25) is 0 Å². The maximum absolute atomic E-state index is 11.9. The van der Waals surface area contributed by atoms with Crippen molar-refractivity contribution in [2.75, 3.05) is 0 Å². The molecule has 3 rings (SSSR count). The minimum atomic E-state index is -0.445. The van der Waals surface area contributed by atoms with Crippen molar-refractivity contribution < 1.29 is 9.53 Å². The number of nitrogens with zero attached hydrogens (tertiary/aromatic N) is 5. The van der Waals surface area contributed by atoms with E-state index in [1.54, 1.807) is 48.8 Å². The molecular formula is C15H11N5O2. The maximum atomic E-state index is 11.9. The fraction of sp³-hybridized carbons (Fsp3) is 0. The lowest BCUT2D eigenvalue weighted by molar-refractivity contribution is 0.0734. The maximum Gasteiger partial charge on any atom is 0.345 e. The lowest BCUT2D eigenvalue weighted by atomic mass is 10.2. The molecule has 0 fully saturated rings. The first-order chi connectivity index (χ1) is 10.8. The van der Waals surface area contributed by atoms with Crippen molar-refractivity contribution in [3.63, 3.8) is 0 Å². The van der Waals surface area contributed by atoms with Gasteiger partial charge in [0.05, 0.1) is 11.8 Å². The van der Waals surface area contributed by atoms with Gasteiger partial charge in [0.1, 0.15) is 18.4 Å². The Morgan fingerprint density at radius 1 is 1.14 bits per heavy atom. The van der Waals surface area contributed by atoms with Crippen molar-refractivity contribution in [1.29, 1.82) is 0 Å². The smallest absolute Gasteiger partial charge is 0.345 e. The summed E-state index contributed by atoms with van der Waals surface area (Å²) in [6, 6.07) is 10.3. The molecule has 108 valence electrons. The fourth-order valence-corrected chi connectivity index (χ4v) is 1.66. The number of hydrogen-bond donors (Lipinski definition) is 0. The van der Waals surface area contributed by atoms with Crippen LogP contribution in [0.25, 0.3) is 0 Å². The van der Waals surface area contributed by atoms with Gasteiger partial charge in [0.2, 0.25) is 0 Å². The quantitative estimate of drug-likeness (QED) is 0.416. The second-order valence-electron chi connectivity index (χ2n) is 4.29. The van der Waals surface area contributed by atoms with Crippen LogP contribution in [0.5, 0.6) is 5.75 Å². The molecule has 0 saturated heterocycles. The molecule has 2 heterocycles. The molecule has 22 heavy (non-hydrogen) atoms. The first-order valence-corrected chi connectivity index (χ1v) is 6.42. The standard InChI is InChI=1S/C15H11N5O2/c21-15(13-2-1-7-16-9-13)22-14-5-3-12(4-6-14)8-19-20-10-17-18-11-20/h1-11H/b19-8+. The summed E-state index contributed by atoms with van der Waals surface area (Å²) in [7, 11) is 0. The molecule has 0 unspecified atom stereocenters. The lowest BCUT2D eigenvalue weighted by Crippen LogP contribution is -2.08. The van der Waals surface area contributed by atoms with Crippen LogP contribution < -0.4 is 4.74 Å². The van der Waals surface area contributed by atoms with Crippen molar-refractivity contribution in [3.8, 4) is 5.75 Å². The zero-order valence-corrected chi connectivity index (χ0v) is 11.4. The van der Waals surface area contributed by atoms with Gasteiger partial charge in [-0.15, -0.1) is 10.2 Å². The van der Waals surface area contributed by atoms with Gasteiger partial charge in [-0.1, -0.05) is 0 Å². The summed E-state index contributed by atoms with van der Waals surface area (Å²) in [5.74, 6) is 0.00862. The Bertz CT molecular complexity index is 767. The minimum absolute atomic E-state index is 0.403. The number of esters is 1. The molecule has 0 saturated carbocycles. The number of ether oxygens (including phenoxy) is 1. The molecule has 1 aromatic carbocycles. The Kier molecular flexibility index (Phi) is 3.96. The second kappa shape index (κ2) is 6.40. The Morgan fingerprint density at radius 3 is 2.59 bits per heavy atom. The third-order valence-corrected chi connectivity index (χ3v) is 2.73. The third-order valence-electron chi connectivity index (χ3n) is 2.73. The van der Waals surface area contributed by atoms with E-state index < -0.39 is 5.97 Å². The van der Waals surface area contributed by atoms with Gasteiger partial charge in [-0.3, -0.25) is 4.98 Å². The Labute approximate surface area is 125 Å². The molecular weight excluding hydrogens is 282 g/mol. The van der Waals surface area contributed by atoms with Crippen molar-refractivity contribution in [2.45, 2.75) is 0 Å². The molecule has 0 aliphatic rings. The number of pyridine rings is 1. The molecule has 0 atom stereocenters. The minimum Gasteiger partial charge on any atom is -0.423 e. The molecule has 0 bridgehead atoms. The summed E-state index contributed by atoms with van der Waals surface area (Å²) < 4.78 is 6.74. The molecule has 0 amide bonds. The molecule has 0 radical (unpaired) electrons. The number of hydrogen-bond acceptors (Lipinski definition) is 6. The van der Waals surface area contributed by atoms with Gasteiger partial charge in [0.25, 0.3) is 0 Å². The van der Waals surface area contributed by atoms with E-state index in [1.165, 1.54) is 23.5 Å². The summed E-state index contributed by atoms with van der Waals surface area (Å²) in [5, 5.41) is 11.4. The number of aromatic nitrogens is 4. The number of rotatable bonds is 4. The normalized spacial score (nSPS) is 10.7. The summed E-state index contributed by atoms with van der Waals surface area (Å²) in [5.41, 5.74) is 1.26. The van der Waals surface area contributed by atoms with Crippen LogP contribution in [-0.4, -0.2) is 32.0 Å². The lowest BCUT2D eigenvalue weighted by Gasteiger charge is -2.04. The van der Waals surface area contributed by atoms with Crippen LogP contribution in [0.15, 0.2) is 66.5 Å². The Balaban J connectivity index is 1.65. The molecule has 3 aromatic rings. The van der Waals surface area contributed by atoms with E-state index in [4.69, 9.17) is 4.74 Å². The molecule has 2 aromatic heterocycles. The summed E-state index contributed by atoms with van der Waals surface area (Å²) in [6.45, 7) is 0. The number of carbonyl (C=O) groups is 1. The molecule has 7 nitrogen and oxygen atoms in total. The van der Waals surface area contributed by atoms with Gasteiger partial charge >= 0.3 is 5.97 Å². The first kappa shape index (κ1) is 13.6. The van der Waals surface area contributed by atoms with E-state index in [-0.39, 0.29) is 0 Å². The summed E-state index contributed by atoms with van der Waals surface area (Å²) >= 11 is 0. The van der Waals surface area contributed by atoms with Crippen molar-refractivity contribution in [1.82, 2.24) is 19.9 Å². The predicted octanol–water partition coefficient (Wildman–Crippen LogP) is 1.77. The zero-order valence-electron chi connectivity index (χ0n) is 11.4. The highest BCUT2D eigenvalue weighted by Crippen LogP contribution is 2.13. The van der Waals surface area contributed by atoms with E-state index >= 15 is 0 Å². The number of carbonyl (C=O) groups excluding carboxylic acids is 1. The van der Waals surface area contributed by atoms with Gasteiger partial charge in [-0.05, 0) is 42.0 Å². The second-order valence-corrected chi connectivity index (χ2v) is 4.29. The van der Waals surface area contributed by atoms with Crippen LogP contribution in [0.4, 0.5) is 0 Å².